The number of sulfonamides is 1. The van der Waals surface area contributed by atoms with E-state index in [1.807, 2.05) is 12.1 Å². The van der Waals surface area contributed by atoms with E-state index in [-0.39, 0.29) is 30.2 Å². The number of ether oxygens (including phenoxy) is 1. The van der Waals surface area contributed by atoms with Gasteiger partial charge in [0.05, 0.1) is 0 Å². The fourth-order valence-corrected chi connectivity index (χ4v) is 7.75. The quantitative estimate of drug-likeness (QED) is 0.396. The van der Waals surface area contributed by atoms with Crippen LogP contribution in [0.5, 0.6) is 0 Å². The molecule has 0 bridgehead atoms. The average molecular weight is 677 g/mol. The number of anilines is 2. The van der Waals surface area contributed by atoms with E-state index in [9.17, 15) is 26.8 Å². The van der Waals surface area contributed by atoms with Gasteiger partial charge in [0.2, 0.25) is 0 Å². The Hall–Kier alpha value is -3.32. The fraction of sp³-hybridized carbons (Fsp3) is 0.393. The summed E-state index contributed by atoms with van der Waals surface area (Å²) in [4.78, 5) is 30.4. The number of likely N-dealkylation sites (N-methyl/N-ethyl adjacent to an activating group) is 1. The summed E-state index contributed by atoms with van der Waals surface area (Å²) in [6.45, 7) is 8.01. The summed E-state index contributed by atoms with van der Waals surface area (Å²) < 4.78 is 62.8. The Morgan fingerprint density at radius 2 is 1.72 bits per heavy atom. The first-order chi connectivity index (χ1) is 20.2. The molecule has 15 heteroatoms. The molecule has 1 fully saturated rings. The predicted molar refractivity (Wildman–Crippen MR) is 156 cm³/mol. The first kappa shape index (κ1) is 31.1. The molecular weight excluding hydrogens is 645 g/mol. The molecule has 2 radical (unpaired) electrons. The molecule has 3 aromatic rings. The van der Waals surface area contributed by atoms with Gasteiger partial charge in [0.15, 0.2) is 0 Å². The maximum atomic E-state index is 14.0. The SMILES string of the molecule is CCOC(=O)n1nc2c(c1NC(=O)c1ccc(N3CCN(C)CC3)cc1[As])CN(S(=O)(=O)c1cc(F)cc(F)c1)C2(C)C. The number of halogens is 2. The molecule has 43 heavy (non-hydrogen) atoms. The molecule has 228 valence electrons. The van der Waals surface area contributed by atoms with Gasteiger partial charge in [-0.25, -0.2) is 8.78 Å². The number of hydrogen-bond acceptors (Lipinski definition) is 8. The van der Waals surface area contributed by atoms with Crippen molar-refractivity contribution in [3.8, 4) is 0 Å². The Morgan fingerprint density at radius 3 is 2.33 bits per heavy atom. The Labute approximate surface area is 257 Å². The van der Waals surface area contributed by atoms with Crippen LogP contribution in [0.15, 0.2) is 41.3 Å². The third-order valence-corrected chi connectivity index (χ3v) is 10.5. The topological polar surface area (TPSA) is 117 Å². The van der Waals surface area contributed by atoms with Crippen LogP contribution < -0.4 is 14.6 Å². The second kappa shape index (κ2) is 11.6. The molecule has 0 aliphatic carbocycles. The number of piperazine rings is 1. The maximum absolute atomic E-state index is 14.0. The van der Waals surface area contributed by atoms with Gasteiger partial charge in [-0.15, -0.1) is 0 Å². The van der Waals surface area contributed by atoms with E-state index in [4.69, 9.17) is 4.74 Å². The van der Waals surface area contributed by atoms with Crippen molar-refractivity contribution in [3.05, 3.63) is 64.9 Å². The molecule has 0 atom stereocenters. The van der Waals surface area contributed by atoms with Gasteiger partial charge in [-0.3, -0.25) is 0 Å². The zero-order chi connectivity index (χ0) is 31.3. The van der Waals surface area contributed by atoms with Gasteiger partial charge in [-0.2, -0.15) is 0 Å². The zero-order valence-corrected chi connectivity index (χ0v) is 26.8. The molecule has 2 aromatic carbocycles. The second-order valence-electron chi connectivity index (χ2n) is 10.9. The van der Waals surface area contributed by atoms with Gasteiger partial charge in [0.25, 0.3) is 0 Å². The zero-order valence-electron chi connectivity index (χ0n) is 24.1. The van der Waals surface area contributed by atoms with Crippen LogP contribution in [0.25, 0.3) is 0 Å². The van der Waals surface area contributed by atoms with Crippen molar-refractivity contribution in [3.63, 3.8) is 0 Å². The van der Waals surface area contributed by atoms with E-state index in [1.54, 1.807) is 26.8 Å². The number of hydrogen-bond donors (Lipinski definition) is 1. The van der Waals surface area contributed by atoms with Crippen molar-refractivity contribution < 1.29 is 31.5 Å². The van der Waals surface area contributed by atoms with Crippen molar-refractivity contribution >= 4 is 54.7 Å². The first-order valence-electron chi connectivity index (χ1n) is 13.6. The number of benzene rings is 2. The number of nitrogens with zero attached hydrogens (tertiary/aromatic N) is 5. The van der Waals surface area contributed by atoms with Crippen LogP contribution in [0, 0.1) is 11.6 Å². The summed E-state index contributed by atoms with van der Waals surface area (Å²) in [5.74, 6) is -2.67. The van der Waals surface area contributed by atoms with Crippen LogP contribution in [0.1, 0.15) is 42.4 Å². The summed E-state index contributed by atoms with van der Waals surface area (Å²) in [7, 11) is -2.36. The Kier molecular flexibility index (Phi) is 8.42. The van der Waals surface area contributed by atoms with Gasteiger partial charge in [-0.05, 0) is 0 Å². The van der Waals surface area contributed by atoms with Crippen molar-refractivity contribution in [2.75, 3.05) is 50.1 Å². The van der Waals surface area contributed by atoms with Crippen molar-refractivity contribution in [1.29, 1.82) is 0 Å². The third-order valence-electron chi connectivity index (χ3n) is 7.68. The summed E-state index contributed by atoms with van der Waals surface area (Å²) in [5, 5.41) is 7.11. The molecule has 0 unspecified atom stereocenters. The number of amides is 1. The number of fused-ring (bicyclic) bond motifs is 1. The second-order valence-corrected chi connectivity index (χ2v) is 13.8. The number of nitrogens with one attached hydrogen (secondary N) is 1. The summed E-state index contributed by atoms with van der Waals surface area (Å²) in [6, 6.07) is 7.51. The standard InChI is InChI=1S/C28H31AsF2N6O5S/c1-5-42-27(39)37-25(32-26(38)21-7-6-19(15-23(21)29)35-10-8-34(4)9-11-35)22-16-36(28(2,3)24(22)33-37)43(40,41)20-13-17(30)12-18(31)14-20/h6-7,12-15H,5,8-11,16H2,1-4H3,(H,32,38). The minimum atomic E-state index is -4.43. The third kappa shape index (κ3) is 5.80. The molecular formula is C28H31AsF2N6O5S. The van der Waals surface area contributed by atoms with Crippen LogP contribution in [-0.4, -0.2) is 96.1 Å². The molecule has 1 N–H and O–H groups in total. The molecule has 0 saturated carbocycles. The summed E-state index contributed by atoms with van der Waals surface area (Å²) in [5.41, 5.74) is 0.405. The van der Waals surface area contributed by atoms with Crippen molar-refractivity contribution in [1.82, 2.24) is 19.0 Å². The average Bonchev–Trinajstić information content (AvgIpc) is 3.43. The van der Waals surface area contributed by atoms with Crippen LogP contribution in [-0.2, 0) is 26.8 Å². The molecule has 0 spiro atoms. The first-order valence-corrected chi connectivity index (χ1v) is 16.0. The molecule has 1 saturated heterocycles. The van der Waals surface area contributed by atoms with Crippen LogP contribution in [0.4, 0.5) is 25.1 Å². The van der Waals surface area contributed by atoms with E-state index in [0.29, 0.717) is 16.0 Å². The van der Waals surface area contributed by atoms with Gasteiger partial charge in [0.1, 0.15) is 0 Å². The van der Waals surface area contributed by atoms with E-state index in [0.717, 1.165) is 53.0 Å². The molecule has 1 amide bonds. The van der Waals surface area contributed by atoms with Gasteiger partial charge >= 0.3 is 243 Å². The van der Waals surface area contributed by atoms with E-state index < -0.39 is 44.1 Å². The molecule has 5 rings (SSSR count). The molecule has 1 aromatic heterocycles. The van der Waals surface area contributed by atoms with Crippen LogP contribution >= 0.6 is 0 Å². The van der Waals surface area contributed by atoms with Crippen molar-refractivity contribution in [2.24, 2.45) is 0 Å². The van der Waals surface area contributed by atoms with E-state index in [2.05, 4.69) is 44.1 Å². The van der Waals surface area contributed by atoms with Crippen LogP contribution in [0.3, 0.4) is 0 Å². The summed E-state index contributed by atoms with van der Waals surface area (Å²) >= 11 is 2.38. The molecule has 3 heterocycles. The Balaban J connectivity index is 1.49. The number of carbonyl (C=O) groups excluding carboxylic acids is 2. The monoisotopic (exact) mass is 676 g/mol. The fourth-order valence-electron chi connectivity index (χ4n) is 5.33. The van der Waals surface area contributed by atoms with Crippen LogP contribution in [0.2, 0.25) is 0 Å². The van der Waals surface area contributed by atoms with Gasteiger partial charge in [0, 0.05) is 6.07 Å². The number of aromatic nitrogens is 2. The number of carbonyl (C=O) groups is 2. The molecule has 2 aliphatic rings. The molecule has 2 aliphatic heterocycles. The van der Waals surface area contributed by atoms with Gasteiger partial charge < -0.3 is 0 Å². The normalized spacial score (nSPS) is 17.1. The Morgan fingerprint density at radius 1 is 1.07 bits per heavy atom. The minimum absolute atomic E-state index is 0.0378. The molecule has 11 nitrogen and oxygen atoms in total. The van der Waals surface area contributed by atoms with E-state index >= 15 is 0 Å². The van der Waals surface area contributed by atoms with E-state index in [1.165, 1.54) is 0 Å². The Bertz CT molecular complexity index is 1690. The predicted octanol–water partition coefficient (Wildman–Crippen LogP) is 2.40. The summed E-state index contributed by atoms with van der Waals surface area (Å²) in [6.07, 6.45) is -0.859. The van der Waals surface area contributed by atoms with Crippen molar-refractivity contribution in [2.45, 2.75) is 37.8 Å². The number of rotatable bonds is 6. The van der Waals surface area contributed by atoms with Gasteiger partial charge in [-0.1, -0.05) is 0 Å².